The van der Waals surface area contributed by atoms with Gasteiger partial charge in [0, 0.05) is 10.2 Å². The molecule has 3 N–H and O–H groups in total. The fraction of sp³-hybridized carbons (Fsp3) is 0.0714. The highest BCUT2D eigenvalue weighted by Crippen LogP contribution is 2.15. The summed E-state index contributed by atoms with van der Waals surface area (Å²) in [4.78, 5) is 20.1. The molecule has 0 aliphatic rings. The molecule has 5 nitrogen and oxygen atoms in total. The van der Waals surface area contributed by atoms with Crippen LogP contribution in [0.1, 0.15) is 17.4 Å². The number of carbonyl (C=O) groups is 1. The zero-order valence-corrected chi connectivity index (χ0v) is 12.4. The molecule has 2 aromatic rings. The van der Waals surface area contributed by atoms with Gasteiger partial charge in [0.1, 0.15) is 5.69 Å². The summed E-state index contributed by atoms with van der Waals surface area (Å²) in [5, 5.41) is 2.76. The minimum absolute atomic E-state index is 0.271. The molecule has 2 rings (SSSR count). The van der Waals surface area contributed by atoms with Crippen molar-refractivity contribution in [1.29, 1.82) is 0 Å². The predicted molar refractivity (Wildman–Crippen MR) is 83.3 cm³/mol. The normalized spacial score (nSPS) is 11.2. The third kappa shape index (κ3) is 3.89. The Morgan fingerprint density at radius 3 is 2.50 bits per heavy atom. The average molecular weight is 333 g/mol. The maximum Gasteiger partial charge on any atom is 0.274 e. The van der Waals surface area contributed by atoms with Gasteiger partial charge in [-0.05, 0) is 43.3 Å². The summed E-state index contributed by atoms with van der Waals surface area (Å²) in [7, 11) is 0. The number of aromatic nitrogens is 1. The maximum atomic E-state index is 12.0. The molecule has 102 valence electrons. The first-order chi connectivity index (χ1) is 9.54. The second-order valence-corrected chi connectivity index (χ2v) is 5.03. The molecule has 0 fully saturated rings. The van der Waals surface area contributed by atoms with E-state index in [1.165, 1.54) is 6.20 Å². The van der Waals surface area contributed by atoms with Gasteiger partial charge in [0.25, 0.3) is 5.91 Å². The van der Waals surface area contributed by atoms with E-state index in [-0.39, 0.29) is 5.91 Å². The Morgan fingerprint density at radius 1 is 1.25 bits per heavy atom. The van der Waals surface area contributed by atoms with Gasteiger partial charge in [-0.15, -0.1) is 0 Å². The highest BCUT2D eigenvalue weighted by atomic mass is 79.9. The number of amides is 1. The Hall–Kier alpha value is -2.21. The number of nitrogens with two attached hydrogens (primary N) is 1. The number of aliphatic imine (C=N–C) groups is 1. The molecular weight excluding hydrogens is 320 g/mol. The third-order valence-electron chi connectivity index (χ3n) is 2.39. The molecule has 1 aromatic heterocycles. The summed E-state index contributed by atoms with van der Waals surface area (Å²) in [6.45, 7) is 1.69. The smallest absolute Gasteiger partial charge is 0.274 e. The van der Waals surface area contributed by atoms with Crippen molar-refractivity contribution >= 4 is 39.0 Å². The van der Waals surface area contributed by atoms with Crippen molar-refractivity contribution in [2.24, 2.45) is 10.7 Å². The maximum absolute atomic E-state index is 12.0. The van der Waals surface area contributed by atoms with Crippen LogP contribution in [-0.4, -0.2) is 16.7 Å². The van der Waals surface area contributed by atoms with Gasteiger partial charge in [-0.25, -0.2) is 9.98 Å². The number of rotatable bonds is 3. The molecule has 1 amide bonds. The van der Waals surface area contributed by atoms with E-state index >= 15 is 0 Å². The highest BCUT2D eigenvalue weighted by molar-refractivity contribution is 9.10. The van der Waals surface area contributed by atoms with E-state index in [9.17, 15) is 4.79 Å². The summed E-state index contributed by atoms with van der Waals surface area (Å²) in [6.07, 6.45) is 1.51. The monoisotopic (exact) mass is 332 g/mol. The number of halogens is 1. The van der Waals surface area contributed by atoms with E-state index in [0.29, 0.717) is 22.9 Å². The number of hydrogen-bond acceptors (Lipinski definition) is 3. The first kappa shape index (κ1) is 14.2. The zero-order chi connectivity index (χ0) is 14.5. The van der Waals surface area contributed by atoms with Crippen molar-refractivity contribution in [3.63, 3.8) is 0 Å². The molecule has 0 saturated heterocycles. The summed E-state index contributed by atoms with van der Waals surface area (Å²) in [5.41, 5.74) is 7.12. The number of pyridine rings is 1. The van der Waals surface area contributed by atoms with Crippen molar-refractivity contribution < 1.29 is 4.79 Å². The lowest BCUT2D eigenvalue weighted by Gasteiger charge is -2.05. The summed E-state index contributed by atoms with van der Waals surface area (Å²) < 4.78 is 0.952. The lowest BCUT2D eigenvalue weighted by atomic mass is 10.3. The second kappa shape index (κ2) is 6.29. The van der Waals surface area contributed by atoms with Crippen molar-refractivity contribution in [1.82, 2.24) is 4.98 Å². The van der Waals surface area contributed by atoms with Crippen molar-refractivity contribution in [2.45, 2.75) is 6.92 Å². The quantitative estimate of drug-likeness (QED) is 0.669. The fourth-order valence-electron chi connectivity index (χ4n) is 1.52. The van der Waals surface area contributed by atoms with Gasteiger partial charge >= 0.3 is 0 Å². The Bertz CT molecular complexity index is 631. The van der Waals surface area contributed by atoms with E-state index in [4.69, 9.17) is 5.73 Å². The summed E-state index contributed by atoms with van der Waals surface area (Å²) >= 11 is 3.34. The minimum atomic E-state index is -0.271. The SMILES string of the molecule is CC(N)=Nc1ccc(C(=O)Nc2ccc(Br)cc2)nc1. The predicted octanol–water partition coefficient (Wildman–Crippen LogP) is 3.11. The van der Waals surface area contributed by atoms with E-state index in [1.807, 2.05) is 12.1 Å². The lowest BCUT2D eigenvalue weighted by Crippen LogP contribution is -2.13. The second-order valence-electron chi connectivity index (χ2n) is 4.12. The molecule has 0 saturated carbocycles. The van der Waals surface area contributed by atoms with Crippen LogP contribution in [0.3, 0.4) is 0 Å². The van der Waals surface area contributed by atoms with Gasteiger partial charge in [0.2, 0.25) is 0 Å². The number of hydrogen-bond donors (Lipinski definition) is 2. The number of amidine groups is 1. The molecule has 0 atom stereocenters. The fourth-order valence-corrected chi connectivity index (χ4v) is 1.78. The molecule has 1 aromatic carbocycles. The van der Waals surface area contributed by atoms with Crippen LogP contribution in [0, 0.1) is 0 Å². The van der Waals surface area contributed by atoms with Gasteiger partial charge in [0.15, 0.2) is 0 Å². The summed E-state index contributed by atoms with van der Waals surface area (Å²) in [6, 6.07) is 10.6. The molecule has 0 radical (unpaired) electrons. The molecule has 0 aliphatic carbocycles. The molecule has 0 bridgehead atoms. The number of nitrogens with zero attached hydrogens (tertiary/aromatic N) is 2. The van der Waals surface area contributed by atoms with Crippen LogP contribution in [-0.2, 0) is 0 Å². The van der Waals surface area contributed by atoms with Crippen LogP contribution in [0.2, 0.25) is 0 Å². The molecule has 6 heteroatoms. The standard InChI is InChI=1S/C14H13BrN4O/c1-9(16)18-12-6-7-13(17-8-12)14(20)19-11-4-2-10(15)3-5-11/h2-8H,1H3,(H2,16,18)(H,19,20). The van der Waals surface area contributed by atoms with Gasteiger partial charge in [-0.1, -0.05) is 15.9 Å². The van der Waals surface area contributed by atoms with Crippen LogP contribution in [0.5, 0.6) is 0 Å². The Balaban J connectivity index is 2.09. The van der Waals surface area contributed by atoms with E-state index in [2.05, 4.69) is 31.2 Å². The molecule has 0 aliphatic heterocycles. The largest absolute Gasteiger partial charge is 0.387 e. The Kier molecular flexibility index (Phi) is 4.47. The number of carbonyl (C=O) groups excluding carboxylic acids is 1. The third-order valence-corrected chi connectivity index (χ3v) is 2.92. The lowest BCUT2D eigenvalue weighted by molar-refractivity contribution is 0.102. The van der Waals surface area contributed by atoms with Crippen molar-refractivity contribution in [2.75, 3.05) is 5.32 Å². The van der Waals surface area contributed by atoms with Crippen molar-refractivity contribution in [3.8, 4) is 0 Å². The van der Waals surface area contributed by atoms with Crippen molar-refractivity contribution in [3.05, 3.63) is 52.8 Å². The van der Waals surface area contributed by atoms with Gasteiger partial charge in [0.05, 0.1) is 17.7 Å². The first-order valence-corrected chi connectivity index (χ1v) is 6.67. The van der Waals surface area contributed by atoms with Crippen LogP contribution < -0.4 is 11.1 Å². The summed E-state index contributed by atoms with van der Waals surface area (Å²) in [5.74, 6) is 0.172. The van der Waals surface area contributed by atoms with E-state index < -0.39 is 0 Å². The van der Waals surface area contributed by atoms with Crippen LogP contribution in [0.4, 0.5) is 11.4 Å². The van der Waals surface area contributed by atoms with Gasteiger partial charge < -0.3 is 11.1 Å². The number of anilines is 1. The first-order valence-electron chi connectivity index (χ1n) is 5.88. The molecular formula is C14H13BrN4O. The van der Waals surface area contributed by atoms with Crippen LogP contribution in [0.15, 0.2) is 52.1 Å². The number of nitrogens with one attached hydrogen (secondary N) is 1. The molecule has 1 heterocycles. The average Bonchev–Trinajstić information content (AvgIpc) is 2.41. The molecule has 0 spiro atoms. The van der Waals surface area contributed by atoms with E-state index in [1.54, 1.807) is 31.2 Å². The van der Waals surface area contributed by atoms with Crippen LogP contribution >= 0.6 is 15.9 Å². The van der Waals surface area contributed by atoms with Gasteiger partial charge in [-0.2, -0.15) is 0 Å². The Labute approximate surface area is 125 Å². The topological polar surface area (TPSA) is 80.4 Å². The minimum Gasteiger partial charge on any atom is -0.387 e. The zero-order valence-electron chi connectivity index (χ0n) is 10.8. The molecule has 20 heavy (non-hydrogen) atoms. The highest BCUT2D eigenvalue weighted by Gasteiger charge is 2.07. The molecule has 0 unspecified atom stereocenters. The van der Waals surface area contributed by atoms with E-state index in [0.717, 1.165) is 4.47 Å². The Morgan fingerprint density at radius 2 is 1.95 bits per heavy atom. The van der Waals surface area contributed by atoms with Gasteiger partial charge in [-0.3, -0.25) is 4.79 Å². The van der Waals surface area contributed by atoms with Crippen LogP contribution in [0.25, 0.3) is 0 Å². The number of benzene rings is 1.